The molecular formula is C21H20N2O3S2. The van der Waals surface area contributed by atoms with E-state index in [0.29, 0.717) is 20.7 Å². The van der Waals surface area contributed by atoms with E-state index in [2.05, 4.69) is 5.32 Å². The lowest BCUT2D eigenvalue weighted by Crippen LogP contribution is -2.31. The molecule has 144 valence electrons. The van der Waals surface area contributed by atoms with E-state index in [4.69, 9.17) is 17.0 Å². The van der Waals surface area contributed by atoms with Crippen LogP contribution in [0, 0.1) is 6.92 Å². The molecule has 1 aliphatic heterocycles. The molecular weight excluding hydrogens is 392 g/mol. The Morgan fingerprint density at radius 3 is 2.64 bits per heavy atom. The molecule has 2 amide bonds. The van der Waals surface area contributed by atoms with Crippen molar-refractivity contribution in [3.05, 3.63) is 64.6 Å². The summed E-state index contributed by atoms with van der Waals surface area (Å²) in [6, 6.07) is 15.1. The molecule has 0 radical (unpaired) electrons. The monoisotopic (exact) mass is 412 g/mol. The van der Waals surface area contributed by atoms with Gasteiger partial charge in [0.25, 0.3) is 5.91 Å². The molecule has 0 aliphatic carbocycles. The number of carbonyl (C=O) groups excluding carboxylic acids is 2. The molecule has 0 aromatic heterocycles. The molecule has 7 heteroatoms. The summed E-state index contributed by atoms with van der Waals surface area (Å²) in [6.45, 7) is 2.25. The van der Waals surface area contributed by atoms with Crippen molar-refractivity contribution in [3.63, 3.8) is 0 Å². The predicted molar refractivity (Wildman–Crippen MR) is 117 cm³/mol. The van der Waals surface area contributed by atoms with Crippen molar-refractivity contribution in [2.45, 2.75) is 13.3 Å². The fourth-order valence-corrected chi connectivity index (χ4v) is 3.99. The summed E-state index contributed by atoms with van der Waals surface area (Å²) in [5.74, 6) is 0.212. The maximum atomic E-state index is 12.7. The highest BCUT2D eigenvalue weighted by Crippen LogP contribution is 2.32. The molecule has 28 heavy (non-hydrogen) atoms. The number of thiocarbonyl (C=S) groups is 1. The molecule has 1 N–H and O–H groups in total. The van der Waals surface area contributed by atoms with Gasteiger partial charge in [-0.3, -0.25) is 14.5 Å². The van der Waals surface area contributed by atoms with Gasteiger partial charge in [0.05, 0.1) is 17.7 Å². The van der Waals surface area contributed by atoms with E-state index < -0.39 is 0 Å². The quantitative estimate of drug-likeness (QED) is 0.568. The van der Waals surface area contributed by atoms with E-state index in [1.807, 2.05) is 49.4 Å². The molecule has 2 aromatic carbocycles. The minimum atomic E-state index is -0.207. The molecule has 0 atom stereocenters. The second-order valence-electron chi connectivity index (χ2n) is 6.24. The van der Waals surface area contributed by atoms with Gasteiger partial charge in [-0.1, -0.05) is 65.9 Å². The van der Waals surface area contributed by atoms with Crippen LogP contribution in [0.3, 0.4) is 0 Å². The summed E-state index contributed by atoms with van der Waals surface area (Å²) >= 11 is 6.59. The number of nitrogens with zero attached hydrogens (tertiary/aromatic N) is 1. The summed E-state index contributed by atoms with van der Waals surface area (Å²) < 4.78 is 5.69. The largest absolute Gasteiger partial charge is 0.495 e. The van der Waals surface area contributed by atoms with Gasteiger partial charge in [-0.2, -0.15) is 0 Å². The Kier molecular flexibility index (Phi) is 6.49. The van der Waals surface area contributed by atoms with E-state index >= 15 is 0 Å². The van der Waals surface area contributed by atoms with E-state index in [1.165, 1.54) is 16.7 Å². The minimum Gasteiger partial charge on any atom is -0.495 e. The van der Waals surface area contributed by atoms with Crippen molar-refractivity contribution in [3.8, 4) is 5.75 Å². The number of benzene rings is 2. The zero-order valence-electron chi connectivity index (χ0n) is 15.6. The van der Waals surface area contributed by atoms with Gasteiger partial charge < -0.3 is 10.1 Å². The summed E-state index contributed by atoms with van der Waals surface area (Å²) in [4.78, 5) is 27.0. The van der Waals surface area contributed by atoms with Crippen LogP contribution in [0.5, 0.6) is 5.75 Å². The normalized spacial score (nSPS) is 15.2. The Morgan fingerprint density at radius 1 is 1.21 bits per heavy atom. The second kappa shape index (κ2) is 9.03. The maximum Gasteiger partial charge on any atom is 0.266 e. The Bertz CT molecular complexity index is 939. The van der Waals surface area contributed by atoms with E-state index in [0.717, 1.165) is 11.1 Å². The van der Waals surface area contributed by atoms with Gasteiger partial charge in [0.1, 0.15) is 10.1 Å². The number of nitrogens with one attached hydrogen (secondary N) is 1. The Balaban J connectivity index is 1.61. The maximum absolute atomic E-state index is 12.7. The molecule has 0 bridgehead atoms. The van der Waals surface area contributed by atoms with Gasteiger partial charge in [-0.15, -0.1) is 0 Å². The third-order valence-electron chi connectivity index (χ3n) is 4.19. The number of rotatable bonds is 6. The van der Waals surface area contributed by atoms with Crippen LogP contribution in [0.25, 0.3) is 6.08 Å². The predicted octanol–water partition coefficient (Wildman–Crippen LogP) is 4.23. The number of carbonyl (C=O) groups is 2. The average Bonchev–Trinajstić information content (AvgIpc) is 2.95. The second-order valence-corrected chi connectivity index (χ2v) is 7.92. The van der Waals surface area contributed by atoms with Crippen LogP contribution in [0.4, 0.5) is 5.69 Å². The van der Waals surface area contributed by atoms with E-state index in [-0.39, 0.29) is 24.8 Å². The Hall–Kier alpha value is -2.64. The van der Waals surface area contributed by atoms with Crippen LogP contribution in [-0.2, 0) is 9.59 Å². The van der Waals surface area contributed by atoms with Gasteiger partial charge in [0, 0.05) is 13.0 Å². The Labute approximate surface area is 173 Å². The molecule has 0 saturated carbocycles. The van der Waals surface area contributed by atoms with Crippen molar-refractivity contribution in [2.75, 3.05) is 19.0 Å². The van der Waals surface area contributed by atoms with Crippen LogP contribution in [0.1, 0.15) is 17.5 Å². The number of methoxy groups -OCH3 is 1. The molecule has 1 saturated heterocycles. The number of anilines is 1. The average molecular weight is 413 g/mol. The first kappa shape index (κ1) is 20.1. The van der Waals surface area contributed by atoms with Crippen LogP contribution in [-0.4, -0.2) is 34.7 Å². The first-order valence-corrected chi connectivity index (χ1v) is 9.95. The number of ether oxygens (including phenoxy) is 1. The molecule has 3 rings (SSSR count). The van der Waals surface area contributed by atoms with Gasteiger partial charge in [0.2, 0.25) is 5.91 Å². The van der Waals surface area contributed by atoms with Crippen molar-refractivity contribution < 1.29 is 14.3 Å². The first-order valence-electron chi connectivity index (χ1n) is 8.73. The summed E-state index contributed by atoms with van der Waals surface area (Å²) in [5, 5.41) is 2.80. The number of hydrogen-bond acceptors (Lipinski definition) is 5. The molecule has 2 aromatic rings. The summed E-state index contributed by atoms with van der Waals surface area (Å²) in [5.41, 5.74) is 2.70. The number of para-hydroxylation sites is 2. The molecule has 0 spiro atoms. The molecule has 1 aliphatic rings. The first-order chi connectivity index (χ1) is 13.5. The Morgan fingerprint density at radius 2 is 1.93 bits per heavy atom. The third-order valence-corrected chi connectivity index (χ3v) is 5.57. The van der Waals surface area contributed by atoms with Crippen LogP contribution < -0.4 is 10.1 Å². The lowest BCUT2D eigenvalue weighted by atomic mass is 10.1. The number of hydrogen-bond donors (Lipinski definition) is 1. The van der Waals surface area contributed by atoms with E-state index in [9.17, 15) is 9.59 Å². The van der Waals surface area contributed by atoms with Gasteiger partial charge >= 0.3 is 0 Å². The SMILES string of the molecule is COc1ccccc1NC(=O)CCN1C(=O)C(=Cc2ccc(C)cc2)SC1=S. The van der Waals surface area contributed by atoms with Gasteiger partial charge in [0.15, 0.2) is 0 Å². The summed E-state index contributed by atoms with van der Waals surface area (Å²) in [6.07, 6.45) is 1.97. The molecule has 0 unspecified atom stereocenters. The standard InChI is InChI=1S/C21H20N2O3S2/c1-14-7-9-15(10-8-14)13-18-20(25)23(21(27)28-18)12-11-19(24)22-16-5-3-4-6-17(16)26-2/h3-10,13H,11-12H2,1-2H3,(H,22,24). The zero-order chi connectivity index (χ0) is 20.1. The highest BCUT2D eigenvalue weighted by molar-refractivity contribution is 8.26. The minimum absolute atomic E-state index is 0.141. The lowest BCUT2D eigenvalue weighted by molar-refractivity contribution is -0.122. The van der Waals surface area contributed by atoms with Crippen molar-refractivity contribution in [2.24, 2.45) is 0 Å². The van der Waals surface area contributed by atoms with Gasteiger partial charge in [-0.25, -0.2) is 0 Å². The van der Waals surface area contributed by atoms with Crippen molar-refractivity contribution >= 4 is 51.9 Å². The molecule has 1 heterocycles. The highest BCUT2D eigenvalue weighted by Gasteiger charge is 2.32. The van der Waals surface area contributed by atoms with Crippen LogP contribution in [0.15, 0.2) is 53.4 Å². The topological polar surface area (TPSA) is 58.6 Å². The summed E-state index contributed by atoms with van der Waals surface area (Å²) in [7, 11) is 1.55. The number of aryl methyl sites for hydroxylation is 1. The molecule has 5 nitrogen and oxygen atoms in total. The zero-order valence-corrected chi connectivity index (χ0v) is 17.2. The smallest absolute Gasteiger partial charge is 0.266 e. The fourth-order valence-electron chi connectivity index (χ4n) is 2.68. The van der Waals surface area contributed by atoms with E-state index in [1.54, 1.807) is 19.2 Å². The highest BCUT2D eigenvalue weighted by atomic mass is 32.2. The fraction of sp³-hybridized carbons (Fsp3) is 0.190. The van der Waals surface area contributed by atoms with Crippen LogP contribution in [0.2, 0.25) is 0 Å². The van der Waals surface area contributed by atoms with Gasteiger partial charge in [-0.05, 0) is 30.7 Å². The van der Waals surface area contributed by atoms with Crippen molar-refractivity contribution in [1.82, 2.24) is 4.90 Å². The third kappa shape index (κ3) is 4.79. The number of amides is 2. The molecule has 1 fully saturated rings. The van der Waals surface area contributed by atoms with Crippen molar-refractivity contribution in [1.29, 1.82) is 0 Å². The van der Waals surface area contributed by atoms with Crippen LogP contribution >= 0.6 is 24.0 Å². The number of thioether (sulfide) groups is 1. The lowest BCUT2D eigenvalue weighted by Gasteiger charge is -2.15.